The molecule has 4 rings (SSSR count). The number of benzene rings is 1. The number of aliphatic hydroxyl groups is 3. The molecule has 0 atom stereocenters. The van der Waals surface area contributed by atoms with Crippen molar-refractivity contribution in [2.75, 3.05) is 64.0 Å². The Kier molecular flexibility index (Phi) is 11.3. The first-order valence-electron chi connectivity index (χ1n) is 14.7. The van der Waals surface area contributed by atoms with Crippen LogP contribution in [0, 0.1) is 17.7 Å². The van der Waals surface area contributed by atoms with Gasteiger partial charge in [0.15, 0.2) is 0 Å². The number of halogens is 1. The average Bonchev–Trinajstić information content (AvgIpc) is 2.98. The van der Waals surface area contributed by atoms with Crippen molar-refractivity contribution >= 4 is 11.9 Å². The zero-order valence-electron chi connectivity index (χ0n) is 24.0. The highest BCUT2D eigenvalue weighted by atomic mass is 19.1. The summed E-state index contributed by atoms with van der Waals surface area (Å²) in [6.45, 7) is 5.17. The van der Waals surface area contributed by atoms with Crippen LogP contribution in [0.5, 0.6) is 5.75 Å². The maximum absolute atomic E-state index is 14.7. The third-order valence-corrected chi connectivity index (χ3v) is 8.17. The number of amides is 1. The van der Waals surface area contributed by atoms with Crippen molar-refractivity contribution in [2.45, 2.75) is 51.0 Å². The van der Waals surface area contributed by atoms with E-state index in [-0.39, 0.29) is 24.8 Å². The van der Waals surface area contributed by atoms with Crippen LogP contribution in [0.15, 0.2) is 30.6 Å². The number of carbonyl (C=O) groups excluding carboxylic acids is 1. The number of likely N-dealkylation sites (tertiary alicyclic amines) is 1. The molecule has 3 heterocycles. The van der Waals surface area contributed by atoms with E-state index in [4.69, 9.17) is 14.9 Å². The van der Waals surface area contributed by atoms with Gasteiger partial charge in [0.05, 0.1) is 26.2 Å². The Morgan fingerprint density at radius 1 is 1.15 bits per heavy atom. The van der Waals surface area contributed by atoms with Crippen molar-refractivity contribution < 1.29 is 29.2 Å². The molecule has 2 aliphatic heterocycles. The van der Waals surface area contributed by atoms with Gasteiger partial charge in [-0.05, 0) is 55.2 Å². The van der Waals surface area contributed by atoms with Crippen molar-refractivity contribution in [2.24, 2.45) is 11.8 Å². The second-order valence-electron chi connectivity index (χ2n) is 11.4. The van der Waals surface area contributed by atoms with Gasteiger partial charge in [-0.15, -0.1) is 0 Å². The van der Waals surface area contributed by atoms with Crippen molar-refractivity contribution in [3.05, 3.63) is 47.5 Å². The van der Waals surface area contributed by atoms with Crippen LogP contribution in [0.25, 0.3) is 0 Å². The molecular weight excluding hydrogens is 529 g/mol. The molecule has 2 aliphatic rings. The maximum atomic E-state index is 14.7. The van der Waals surface area contributed by atoms with Gasteiger partial charge in [-0.25, -0.2) is 14.4 Å². The highest BCUT2D eigenvalue weighted by Crippen LogP contribution is 2.25. The van der Waals surface area contributed by atoms with E-state index >= 15 is 0 Å². The number of carbonyl (C=O) groups is 1. The standard InChI is InChI=1S/C30H44FN5O5/c1-2-22-15-33-29(34-16-22)35-9-7-23(8-10-35)4-3-11-41-26-6-5-25(27(31)13-26)12-28(39)36-17-24(18-36)14-32-19-30(40,20-37)21-38/h5-6,13,15-16,23-24,32,37-38,40H,2-4,7-12,14,17-21H2,1H3. The number of anilines is 1. The Bertz CT molecular complexity index is 1100. The molecule has 10 nitrogen and oxygen atoms in total. The third-order valence-electron chi connectivity index (χ3n) is 8.17. The summed E-state index contributed by atoms with van der Waals surface area (Å²) >= 11 is 0. The summed E-state index contributed by atoms with van der Waals surface area (Å²) in [7, 11) is 0. The topological polar surface area (TPSA) is 131 Å². The number of aromatic nitrogens is 2. The molecule has 41 heavy (non-hydrogen) atoms. The van der Waals surface area contributed by atoms with Crippen molar-refractivity contribution in [3.8, 4) is 5.75 Å². The summed E-state index contributed by atoms with van der Waals surface area (Å²) in [4.78, 5) is 25.5. The second kappa shape index (κ2) is 14.9. The molecule has 1 aromatic carbocycles. The molecule has 2 fully saturated rings. The quantitative estimate of drug-likeness (QED) is 0.235. The molecule has 0 spiro atoms. The highest BCUT2D eigenvalue weighted by molar-refractivity contribution is 5.79. The second-order valence-corrected chi connectivity index (χ2v) is 11.4. The van der Waals surface area contributed by atoms with Crippen molar-refractivity contribution in [3.63, 3.8) is 0 Å². The summed E-state index contributed by atoms with van der Waals surface area (Å²) in [5.74, 6) is 1.56. The van der Waals surface area contributed by atoms with Gasteiger partial charge in [0.25, 0.3) is 0 Å². The van der Waals surface area contributed by atoms with Crippen LogP contribution < -0.4 is 15.0 Å². The Labute approximate surface area is 241 Å². The Balaban J connectivity index is 1.10. The summed E-state index contributed by atoms with van der Waals surface area (Å²) in [5.41, 5.74) is -0.0583. The number of nitrogens with one attached hydrogen (secondary N) is 1. The minimum absolute atomic E-state index is 0.00643. The minimum atomic E-state index is -1.55. The van der Waals surface area contributed by atoms with E-state index < -0.39 is 24.6 Å². The maximum Gasteiger partial charge on any atom is 0.227 e. The molecule has 0 unspecified atom stereocenters. The Hall–Kier alpha value is -2.86. The van der Waals surface area contributed by atoms with Crippen LogP contribution in [0.3, 0.4) is 0 Å². The van der Waals surface area contributed by atoms with Gasteiger partial charge in [-0.2, -0.15) is 0 Å². The van der Waals surface area contributed by atoms with Gasteiger partial charge in [0.2, 0.25) is 11.9 Å². The molecule has 11 heteroatoms. The molecule has 4 N–H and O–H groups in total. The number of hydrogen-bond donors (Lipinski definition) is 4. The number of rotatable bonds is 15. The fraction of sp³-hybridized carbons (Fsp3) is 0.633. The summed E-state index contributed by atoms with van der Waals surface area (Å²) < 4.78 is 20.5. The molecular formula is C30H44FN5O5. The van der Waals surface area contributed by atoms with Gasteiger partial charge in [-0.3, -0.25) is 4.79 Å². The van der Waals surface area contributed by atoms with Crippen LogP contribution in [0.1, 0.15) is 43.7 Å². The molecule has 0 radical (unpaired) electrons. The molecule has 226 valence electrons. The molecule has 2 aromatic rings. The fourth-order valence-electron chi connectivity index (χ4n) is 5.29. The van der Waals surface area contributed by atoms with Gasteiger partial charge in [0, 0.05) is 63.6 Å². The van der Waals surface area contributed by atoms with E-state index in [2.05, 4.69) is 27.1 Å². The number of nitrogens with zero attached hydrogens (tertiary/aromatic N) is 4. The lowest BCUT2D eigenvalue weighted by molar-refractivity contribution is -0.136. The predicted molar refractivity (Wildman–Crippen MR) is 153 cm³/mol. The smallest absolute Gasteiger partial charge is 0.227 e. The van der Waals surface area contributed by atoms with Crippen molar-refractivity contribution in [1.82, 2.24) is 20.2 Å². The molecule has 2 saturated heterocycles. The lowest BCUT2D eigenvalue weighted by Gasteiger charge is -2.40. The molecule has 0 saturated carbocycles. The number of aliphatic hydroxyl groups excluding tert-OH is 2. The fourth-order valence-corrected chi connectivity index (χ4v) is 5.29. The first-order valence-corrected chi connectivity index (χ1v) is 14.7. The van der Waals surface area contributed by atoms with E-state index in [0.717, 1.165) is 56.7 Å². The van der Waals surface area contributed by atoms with Gasteiger partial charge >= 0.3 is 0 Å². The third kappa shape index (κ3) is 8.81. The SMILES string of the molecule is CCc1cnc(N2CCC(CCCOc3ccc(CC(=O)N4CC(CNCC(O)(CO)CO)C4)c(F)c3)CC2)nc1. The summed E-state index contributed by atoms with van der Waals surface area (Å²) in [5, 5.41) is 31.1. The zero-order valence-corrected chi connectivity index (χ0v) is 24.0. The molecule has 0 bridgehead atoms. The summed E-state index contributed by atoms with van der Waals surface area (Å²) in [6, 6.07) is 4.70. The first-order chi connectivity index (χ1) is 19.8. The van der Waals surface area contributed by atoms with Crippen LogP contribution >= 0.6 is 0 Å². The Morgan fingerprint density at radius 3 is 2.49 bits per heavy atom. The van der Waals surface area contributed by atoms with Gasteiger partial charge < -0.3 is 35.2 Å². The number of ether oxygens (including phenoxy) is 1. The first kappa shape index (κ1) is 31.1. The highest BCUT2D eigenvalue weighted by Gasteiger charge is 2.32. The monoisotopic (exact) mass is 573 g/mol. The van der Waals surface area contributed by atoms with Gasteiger partial charge in [0.1, 0.15) is 17.2 Å². The van der Waals surface area contributed by atoms with Crippen LogP contribution in [0.4, 0.5) is 10.3 Å². The van der Waals surface area contributed by atoms with Crippen LogP contribution in [-0.2, 0) is 17.6 Å². The van der Waals surface area contributed by atoms with E-state index in [0.29, 0.717) is 43.5 Å². The lowest BCUT2D eigenvalue weighted by atomic mass is 9.92. The van der Waals surface area contributed by atoms with E-state index in [9.17, 15) is 14.3 Å². The Morgan fingerprint density at radius 2 is 1.85 bits per heavy atom. The van der Waals surface area contributed by atoms with E-state index in [1.807, 2.05) is 12.4 Å². The lowest BCUT2D eigenvalue weighted by Crippen LogP contribution is -2.55. The van der Waals surface area contributed by atoms with Gasteiger partial charge in [-0.1, -0.05) is 13.0 Å². The normalized spacial score (nSPS) is 16.6. The largest absolute Gasteiger partial charge is 0.493 e. The molecule has 0 aliphatic carbocycles. The average molecular weight is 574 g/mol. The predicted octanol–water partition coefficient (Wildman–Crippen LogP) is 1.56. The van der Waals surface area contributed by atoms with Crippen LogP contribution in [0.2, 0.25) is 0 Å². The van der Waals surface area contributed by atoms with E-state index in [1.165, 1.54) is 6.07 Å². The zero-order chi connectivity index (χ0) is 29.2. The number of hydrogen-bond acceptors (Lipinski definition) is 9. The molecule has 1 aromatic heterocycles. The van der Waals surface area contributed by atoms with Crippen molar-refractivity contribution in [1.29, 1.82) is 0 Å². The number of aryl methyl sites for hydroxylation is 1. The molecule has 1 amide bonds. The minimum Gasteiger partial charge on any atom is -0.493 e. The number of piperidine rings is 1. The van der Waals surface area contributed by atoms with E-state index in [1.54, 1.807) is 17.0 Å². The summed E-state index contributed by atoms with van der Waals surface area (Å²) in [6.07, 6.45) is 8.91. The van der Waals surface area contributed by atoms with Crippen LogP contribution in [-0.4, -0.2) is 101 Å².